The summed E-state index contributed by atoms with van der Waals surface area (Å²) in [5, 5.41) is 0. The lowest BCUT2D eigenvalue weighted by atomic mass is 10.1. The molecule has 0 saturated carbocycles. The lowest BCUT2D eigenvalue weighted by molar-refractivity contribution is 0.341. The largest absolute Gasteiger partial charge is 0.493 e. The Morgan fingerprint density at radius 3 is 2.76 bits per heavy atom. The molecule has 88 valence electrons. The second-order valence-electron chi connectivity index (χ2n) is 3.43. The third-order valence-corrected chi connectivity index (χ3v) is 2.44. The van der Waals surface area contributed by atoms with Gasteiger partial charge in [0.1, 0.15) is 5.75 Å². The fourth-order valence-electron chi connectivity index (χ4n) is 1.58. The molecule has 0 amide bonds. The zero-order valence-electron chi connectivity index (χ0n) is 9.32. The number of aromatic nitrogens is 2. The van der Waals surface area contributed by atoms with Crippen LogP contribution < -0.4 is 10.3 Å². The zero-order chi connectivity index (χ0) is 12.3. The van der Waals surface area contributed by atoms with Crippen LogP contribution in [0.2, 0.25) is 0 Å². The third kappa shape index (κ3) is 2.62. The molecule has 0 aliphatic rings. The summed E-state index contributed by atoms with van der Waals surface area (Å²) >= 11 is 4.94. The van der Waals surface area contributed by atoms with Crippen LogP contribution in [0, 0.1) is 4.77 Å². The summed E-state index contributed by atoms with van der Waals surface area (Å²) < 4.78 is 5.81. The van der Waals surface area contributed by atoms with E-state index in [2.05, 4.69) is 9.97 Å². The van der Waals surface area contributed by atoms with Crippen molar-refractivity contribution in [1.29, 1.82) is 0 Å². The van der Waals surface area contributed by atoms with Crippen molar-refractivity contribution in [2.45, 2.75) is 6.92 Å². The van der Waals surface area contributed by atoms with Gasteiger partial charge >= 0.3 is 0 Å². The molecule has 0 aliphatic heterocycles. The van der Waals surface area contributed by atoms with Crippen LogP contribution >= 0.6 is 12.2 Å². The van der Waals surface area contributed by atoms with Crippen LogP contribution in [0.3, 0.4) is 0 Å². The summed E-state index contributed by atoms with van der Waals surface area (Å²) in [5.74, 6) is 0.728. The molecule has 0 aliphatic carbocycles. The van der Waals surface area contributed by atoms with Crippen molar-refractivity contribution in [2.75, 3.05) is 6.61 Å². The number of H-pyrrole nitrogens is 2. The maximum Gasteiger partial charge on any atom is 0.252 e. The predicted molar refractivity (Wildman–Crippen MR) is 68.9 cm³/mol. The molecule has 17 heavy (non-hydrogen) atoms. The second-order valence-corrected chi connectivity index (χ2v) is 3.84. The average molecular weight is 248 g/mol. The van der Waals surface area contributed by atoms with Gasteiger partial charge in [-0.1, -0.05) is 12.1 Å². The van der Waals surface area contributed by atoms with Gasteiger partial charge in [0, 0.05) is 11.6 Å². The molecule has 0 atom stereocenters. The Morgan fingerprint density at radius 1 is 1.29 bits per heavy atom. The zero-order valence-corrected chi connectivity index (χ0v) is 10.1. The van der Waals surface area contributed by atoms with Crippen LogP contribution in [0.1, 0.15) is 6.92 Å². The van der Waals surface area contributed by atoms with Crippen molar-refractivity contribution < 1.29 is 4.74 Å². The van der Waals surface area contributed by atoms with Gasteiger partial charge in [0.25, 0.3) is 5.56 Å². The Kier molecular flexibility index (Phi) is 3.39. The Balaban J connectivity index is 2.59. The maximum absolute atomic E-state index is 11.4. The van der Waals surface area contributed by atoms with Gasteiger partial charge < -0.3 is 9.72 Å². The molecule has 2 N–H and O–H groups in total. The van der Waals surface area contributed by atoms with Crippen molar-refractivity contribution >= 4 is 12.2 Å². The molecule has 0 spiro atoms. The monoisotopic (exact) mass is 248 g/mol. The first-order chi connectivity index (χ1) is 8.20. The number of nitrogens with one attached hydrogen (secondary N) is 2. The molecule has 2 rings (SSSR count). The van der Waals surface area contributed by atoms with Crippen LogP contribution in [0.25, 0.3) is 11.3 Å². The van der Waals surface area contributed by atoms with Gasteiger partial charge in [0.2, 0.25) is 0 Å². The molecular weight excluding hydrogens is 236 g/mol. The lowest BCUT2D eigenvalue weighted by Gasteiger charge is -2.09. The minimum Gasteiger partial charge on any atom is -0.493 e. The smallest absolute Gasteiger partial charge is 0.252 e. The number of rotatable bonds is 3. The summed E-state index contributed by atoms with van der Waals surface area (Å²) in [6.45, 7) is 2.48. The fraction of sp³-hybridized carbons (Fsp3) is 0.167. The molecule has 1 aromatic carbocycles. The van der Waals surface area contributed by atoms with Crippen LogP contribution in [0.5, 0.6) is 5.75 Å². The highest BCUT2D eigenvalue weighted by Crippen LogP contribution is 2.27. The standard InChI is InChI=1S/C12H12N2O2S/c1-2-16-10-6-4-3-5-8(10)9-7-11(15)14-12(17)13-9/h3-7H,2H2,1H3,(H2,13,14,15,17). The highest BCUT2D eigenvalue weighted by molar-refractivity contribution is 7.71. The van der Waals surface area contributed by atoms with Gasteiger partial charge in [0.05, 0.1) is 12.3 Å². The third-order valence-electron chi connectivity index (χ3n) is 2.24. The summed E-state index contributed by atoms with van der Waals surface area (Å²) in [6, 6.07) is 8.97. The molecule has 0 radical (unpaired) electrons. The van der Waals surface area contributed by atoms with Gasteiger partial charge in [-0.15, -0.1) is 0 Å². The Labute approximate surface area is 103 Å². The Bertz CT molecular complexity index is 602. The average Bonchev–Trinajstić information content (AvgIpc) is 2.29. The first kappa shape index (κ1) is 11.6. The predicted octanol–water partition coefficient (Wildman–Crippen LogP) is 2.50. The van der Waals surface area contributed by atoms with E-state index in [-0.39, 0.29) is 5.56 Å². The number of hydrogen-bond donors (Lipinski definition) is 2. The van der Waals surface area contributed by atoms with E-state index in [0.29, 0.717) is 17.1 Å². The summed E-state index contributed by atoms with van der Waals surface area (Å²) in [4.78, 5) is 16.8. The topological polar surface area (TPSA) is 57.9 Å². The number of benzene rings is 1. The van der Waals surface area contributed by atoms with Crippen molar-refractivity contribution in [3.8, 4) is 17.0 Å². The van der Waals surface area contributed by atoms with E-state index >= 15 is 0 Å². The van der Waals surface area contributed by atoms with Crippen molar-refractivity contribution in [1.82, 2.24) is 9.97 Å². The molecular formula is C12H12N2O2S. The van der Waals surface area contributed by atoms with Crippen LogP contribution in [-0.4, -0.2) is 16.6 Å². The molecule has 0 saturated heterocycles. The number of hydrogen-bond acceptors (Lipinski definition) is 3. The number of ether oxygens (including phenoxy) is 1. The molecule has 1 aromatic heterocycles. The Hall–Kier alpha value is -1.88. The molecule has 4 nitrogen and oxygen atoms in total. The molecule has 0 unspecified atom stereocenters. The van der Waals surface area contributed by atoms with Crippen LogP contribution in [0.4, 0.5) is 0 Å². The number of para-hydroxylation sites is 1. The van der Waals surface area contributed by atoms with Crippen molar-refractivity contribution in [3.63, 3.8) is 0 Å². The quantitative estimate of drug-likeness (QED) is 0.820. The Morgan fingerprint density at radius 2 is 2.06 bits per heavy atom. The van der Waals surface area contributed by atoms with E-state index in [1.807, 2.05) is 31.2 Å². The van der Waals surface area contributed by atoms with Gasteiger partial charge in [-0.3, -0.25) is 9.78 Å². The SMILES string of the molecule is CCOc1ccccc1-c1cc(=O)[nH]c(=S)[nH]1. The van der Waals surface area contributed by atoms with Gasteiger partial charge in [-0.2, -0.15) is 0 Å². The molecule has 2 aromatic rings. The molecule has 5 heteroatoms. The van der Waals surface area contributed by atoms with E-state index in [9.17, 15) is 4.79 Å². The maximum atomic E-state index is 11.4. The first-order valence-corrected chi connectivity index (χ1v) is 5.67. The minimum atomic E-state index is -0.227. The van der Waals surface area contributed by atoms with Gasteiger partial charge in [0.15, 0.2) is 4.77 Å². The van der Waals surface area contributed by atoms with E-state index in [4.69, 9.17) is 17.0 Å². The van der Waals surface area contributed by atoms with Crippen LogP contribution in [-0.2, 0) is 0 Å². The normalized spacial score (nSPS) is 10.2. The summed E-state index contributed by atoms with van der Waals surface area (Å²) in [6.07, 6.45) is 0. The minimum absolute atomic E-state index is 0.227. The molecule has 0 fully saturated rings. The lowest BCUT2D eigenvalue weighted by Crippen LogP contribution is -2.06. The molecule has 0 bridgehead atoms. The van der Waals surface area contributed by atoms with Crippen molar-refractivity contribution in [2.24, 2.45) is 0 Å². The highest BCUT2D eigenvalue weighted by Gasteiger charge is 2.06. The van der Waals surface area contributed by atoms with Crippen LogP contribution in [0.15, 0.2) is 35.1 Å². The number of aromatic amines is 2. The van der Waals surface area contributed by atoms with Crippen molar-refractivity contribution in [3.05, 3.63) is 45.5 Å². The highest BCUT2D eigenvalue weighted by atomic mass is 32.1. The fourth-order valence-corrected chi connectivity index (χ4v) is 1.79. The summed E-state index contributed by atoms with van der Waals surface area (Å²) in [7, 11) is 0. The van der Waals surface area contributed by atoms with Gasteiger partial charge in [-0.25, -0.2) is 0 Å². The summed E-state index contributed by atoms with van der Waals surface area (Å²) in [5.41, 5.74) is 1.25. The van der Waals surface area contributed by atoms with E-state index in [1.54, 1.807) is 0 Å². The van der Waals surface area contributed by atoms with E-state index in [0.717, 1.165) is 11.3 Å². The van der Waals surface area contributed by atoms with E-state index < -0.39 is 0 Å². The second kappa shape index (κ2) is 4.97. The van der Waals surface area contributed by atoms with Gasteiger partial charge in [-0.05, 0) is 31.3 Å². The molecule has 1 heterocycles. The van der Waals surface area contributed by atoms with E-state index in [1.165, 1.54) is 6.07 Å². The first-order valence-electron chi connectivity index (χ1n) is 5.26.